The minimum atomic E-state index is 0.494. The molecular formula is C13H16N4OS. The number of hydrogen-bond donors (Lipinski definition) is 2. The van der Waals surface area contributed by atoms with Crippen LogP contribution in [0.3, 0.4) is 0 Å². The first kappa shape index (κ1) is 13.4. The number of hydrogen-bond acceptors (Lipinski definition) is 6. The molecule has 1 aromatic carbocycles. The Balaban J connectivity index is 2.10. The molecule has 0 unspecified atom stereocenters. The quantitative estimate of drug-likeness (QED) is 0.650. The molecule has 0 saturated carbocycles. The molecule has 0 fully saturated rings. The van der Waals surface area contributed by atoms with Crippen LogP contribution in [0.1, 0.15) is 18.1 Å². The van der Waals surface area contributed by atoms with Gasteiger partial charge in [-0.3, -0.25) is 5.43 Å². The first-order valence-corrected chi connectivity index (χ1v) is 6.80. The van der Waals surface area contributed by atoms with E-state index in [0.717, 1.165) is 16.9 Å². The number of anilines is 2. The summed E-state index contributed by atoms with van der Waals surface area (Å²) in [5, 5.41) is 6.57. The Bertz CT molecular complexity index is 580. The summed E-state index contributed by atoms with van der Waals surface area (Å²) >= 11 is 1.41. The number of aromatic nitrogens is 1. The molecule has 0 amide bonds. The van der Waals surface area contributed by atoms with Gasteiger partial charge >= 0.3 is 0 Å². The number of nitrogens with two attached hydrogens (primary N) is 1. The average molecular weight is 276 g/mol. The van der Waals surface area contributed by atoms with Gasteiger partial charge in [-0.15, -0.1) is 11.3 Å². The average Bonchev–Trinajstić information content (AvgIpc) is 2.79. The number of ether oxygens (including phenoxy) is 1. The molecule has 6 heteroatoms. The lowest BCUT2D eigenvalue weighted by Crippen LogP contribution is -1.98. The van der Waals surface area contributed by atoms with Gasteiger partial charge in [-0.05, 0) is 26.0 Å². The van der Waals surface area contributed by atoms with Gasteiger partial charge in [0.1, 0.15) is 11.6 Å². The van der Waals surface area contributed by atoms with Crippen LogP contribution in [0.15, 0.2) is 28.7 Å². The van der Waals surface area contributed by atoms with Crippen molar-refractivity contribution in [2.24, 2.45) is 5.10 Å². The number of nitrogen functional groups attached to an aromatic ring is 1. The number of thiazole rings is 1. The minimum absolute atomic E-state index is 0.494. The molecule has 1 heterocycles. The molecule has 0 aliphatic rings. The summed E-state index contributed by atoms with van der Waals surface area (Å²) < 4.78 is 5.55. The normalized spacial score (nSPS) is 10.8. The monoisotopic (exact) mass is 276 g/mol. The van der Waals surface area contributed by atoms with Gasteiger partial charge in [-0.25, -0.2) is 4.98 Å². The van der Waals surface area contributed by atoms with Crippen LogP contribution in [0.2, 0.25) is 0 Å². The second-order valence-corrected chi connectivity index (χ2v) is 4.78. The number of aryl methyl sites for hydroxylation is 1. The Labute approximate surface area is 116 Å². The first-order chi connectivity index (χ1) is 9.19. The lowest BCUT2D eigenvalue weighted by molar-refractivity contribution is 0.339. The zero-order valence-corrected chi connectivity index (χ0v) is 11.7. The third-order valence-electron chi connectivity index (χ3n) is 2.35. The first-order valence-electron chi connectivity index (χ1n) is 5.92. The second-order valence-electron chi connectivity index (χ2n) is 3.92. The predicted molar refractivity (Wildman–Crippen MR) is 80.1 cm³/mol. The van der Waals surface area contributed by atoms with Crippen molar-refractivity contribution in [2.45, 2.75) is 13.8 Å². The van der Waals surface area contributed by atoms with E-state index < -0.39 is 0 Å². The lowest BCUT2D eigenvalue weighted by Gasteiger charge is -2.07. The number of nitrogens with one attached hydrogen (secondary N) is 1. The molecule has 2 rings (SSSR count). The van der Waals surface area contributed by atoms with Crippen molar-refractivity contribution in [3.8, 4) is 5.75 Å². The van der Waals surface area contributed by atoms with Gasteiger partial charge in [-0.2, -0.15) is 5.10 Å². The summed E-state index contributed by atoms with van der Waals surface area (Å²) in [6.07, 6.45) is 1.72. The zero-order chi connectivity index (χ0) is 13.7. The van der Waals surface area contributed by atoms with E-state index in [2.05, 4.69) is 15.5 Å². The predicted octanol–water partition coefficient (Wildman–Crippen LogP) is 2.88. The summed E-state index contributed by atoms with van der Waals surface area (Å²) in [5.74, 6) is 1.31. The van der Waals surface area contributed by atoms with Crippen LogP contribution < -0.4 is 15.9 Å². The van der Waals surface area contributed by atoms with E-state index in [-0.39, 0.29) is 0 Å². The van der Waals surface area contributed by atoms with Gasteiger partial charge in [-0.1, -0.05) is 11.6 Å². The van der Waals surface area contributed by atoms with Crippen molar-refractivity contribution in [3.05, 3.63) is 34.7 Å². The van der Waals surface area contributed by atoms with Gasteiger partial charge in [0.05, 0.1) is 12.8 Å². The van der Waals surface area contributed by atoms with E-state index in [1.165, 1.54) is 11.3 Å². The molecule has 1 aromatic heterocycles. The van der Waals surface area contributed by atoms with E-state index in [0.29, 0.717) is 17.6 Å². The van der Waals surface area contributed by atoms with Crippen molar-refractivity contribution >= 4 is 28.5 Å². The standard InChI is InChI=1S/C13H16N4OS/c1-3-18-11-5-4-9(2)6-10(11)7-15-17-13-16-12(14)8-19-13/h4-8H,3,14H2,1-2H3,(H,16,17). The van der Waals surface area contributed by atoms with Gasteiger partial charge in [0.2, 0.25) is 5.13 Å². The number of rotatable bonds is 5. The van der Waals surface area contributed by atoms with Gasteiger partial charge < -0.3 is 10.5 Å². The topological polar surface area (TPSA) is 72.5 Å². The molecule has 0 saturated heterocycles. The van der Waals surface area contributed by atoms with Crippen LogP contribution in [-0.2, 0) is 0 Å². The van der Waals surface area contributed by atoms with Crippen molar-refractivity contribution in [1.82, 2.24) is 4.98 Å². The van der Waals surface area contributed by atoms with Crippen LogP contribution in [-0.4, -0.2) is 17.8 Å². The Morgan fingerprint density at radius 2 is 2.37 bits per heavy atom. The second kappa shape index (κ2) is 6.19. The van der Waals surface area contributed by atoms with Crippen LogP contribution in [0.25, 0.3) is 0 Å². The van der Waals surface area contributed by atoms with Gasteiger partial charge in [0.15, 0.2) is 0 Å². The third-order valence-corrected chi connectivity index (χ3v) is 3.12. The molecule has 19 heavy (non-hydrogen) atoms. The summed E-state index contributed by atoms with van der Waals surface area (Å²) in [6.45, 7) is 4.61. The molecule has 0 atom stereocenters. The molecule has 0 bridgehead atoms. The number of benzene rings is 1. The highest BCUT2D eigenvalue weighted by molar-refractivity contribution is 7.14. The molecule has 0 radical (unpaired) electrons. The van der Waals surface area contributed by atoms with Gasteiger partial charge in [0.25, 0.3) is 0 Å². The SMILES string of the molecule is CCOc1ccc(C)cc1C=NNc1nc(N)cs1. The lowest BCUT2D eigenvalue weighted by atomic mass is 10.1. The zero-order valence-electron chi connectivity index (χ0n) is 10.9. The summed E-state index contributed by atoms with van der Waals surface area (Å²) in [5.41, 5.74) is 10.5. The van der Waals surface area contributed by atoms with E-state index in [9.17, 15) is 0 Å². The fourth-order valence-electron chi connectivity index (χ4n) is 1.55. The molecule has 0 aliphatic carbocycles. The molecule has 3 N–H and O–H groups in total. The van der Waals surface area contributed by atoms with Crippen LogP contribution in [0.5, 0.6) is 5.75 Å². The van der Waals surface area contributed by atoms with Gasteiger partial charge in [0, 0.05) is 10.9 Å². The highest BCUT2D eigenvalue weighted by Gasteiger charge is 2.01. The molecule has 0 aliphatic heterocycles. The van der Waals surface area contributed by atoms with Crippen LogP contribution in [0, 0.1) is 6.92 Å². The molecule has 100 valence electrons. The van der Waals surface area contributed by atoms with Crippen molar-refractivity contribution in [1.29, 1.82) is 0 Å². The Morgan fingerprint density at radius 3 is 3.05 bits per heavy atom. The minimum Gasteiger partial charge on any atom is -0.493 e. The third kappa shape index (κ3) is 3.69. The van der Waals surface area contributed by atoms with E-state index in [1.807, 2.05) is 32.0 Å². The van der Waals surface area contributed by atoms with Crippen molar-refractivity contribution < 1.29 is 4.74 Å². The fourth-order valence-corrected chi connectivity index (χ4v) is 2.10. The van der Waals surface area contributed by atoms with Crippen molar-refractivity contribution in [3.63, 3.8) is 0 Å². The maximum atomic E-state index is 5.55. The Morgan fingerprint density at radius 1 is 1.53 bits per heavy atom. The smallest absolute Gasteiger partial charge is 0.205 e. The van der Waals surface area contributed by atoms with Crippen LogP contribution in [0.4, 0.5) is 10.9 Å². The Kier molecular flexibility index (Phi) is 4.35. The summed E-state index contributed by atoms with van der Waals surface area (Å²) in [6, 6.07) is 5.98. The van der Waals surface area contributed by atoms with E-state index in [4.69, 9.17) is 10.5 Å². The molecular weight excluding hydrogens is 260 g/mol. The fraction of sp³-hybridized carbons (Fsp3) is 0.231. The maximum Gasteiger partial charge on any atom is 0.205 e. The molecule has 2 aromatic rings. The highest BCUT2D eigenvalue weighted by atomic mass is 32.1. The summed E-state index contributed by atoms with van der Waals surface area (Å²) in [4.78, 5) is 4.06. The van der Waals surface area contributed by atoms with Crippen LogP contribution >= 0.6 is 11.3 Å². The molecule has 5 nitrogen and oxygen atoms in total. The number of hydrazone groups is 1. The van der Waals surface area contributed by atoms with Crippen molar-refractivity contribution in [2.75, 3.05) is 17.8 Å². The van der Waals surface area contributed by atoms with E-state index in [1.54, 1.807) is 11.6 Å². The Hall–Kier alpha value is -2.08. The van der Waals surface area contributed by atoms with E-state index >= 15 is 0 Å². The maximum absolute atomic E-state index is 5.55. The number of nitrogens with zero attached hydrogens (tertiary/aromatic N) is 2. The highest BCUT2D eigenvalue weighted by Crippen LogP contribution is 2.19. The molecule has 0 spiro atoms. The largest absolute Gasteiger partial charge is 0.493 e. The summed E-state index contributed by atoms with van der Waals surface area (Å²) in [7, 11) is 0.